The lowest BCUT2D eigenvalue weighted by Gasteiger charge is -2.31. The van der Waals surface area contributed by atoms with Gasteiger partial charge in [0.25, 0.3) is 0 Å². The highest BCUT2D eigenvalue weighted by atomic mass is 16.5. The Balaban J connectivity index is 1.70. The van der Waals surface area contributed by atoms with E-state index in [9.17, 15) is 14.7 Å². The molecule has 1 aliphatic heterocycles. The highest BCUT2D eigenvalue weighted by Crippen LogP contribution is 2.29. The van der Waals surface area contributed by atoms with Gasteiger partial charge in [0, 0.05) is 19.7 Å². The van der Waals surface area contributed by atoms with Crippen LogP contribution < -0.4 is 5.32 Å². The summed E-state index contributed by atoms with van der Waals surface area (Å²) in [6.45, 7) is 3.78. The number of likely N-dealkylation sites (tertiary alicyclic amines) is 1. The highest BCUT2D eigenvalue weighted by Gasteiger charge is 2.45. The summed E-state index contributed by atoms with van der Waals surface area (Å²) < 4.78 is 5.42. The number of urea groups is 1. The molecule has 2 rings (SSSR count). The maximum absolute atomic E-state index is 12.0. The fraction of sp³-hybridized carbons (Fsp3) is 0.846. The summed E-state index contributed by atoms with van der Waals surface area (Å²) >= 11 is 0. The lowest BCUT2D eigenvalue weighted by atomic mass is 10.00. The zero-order chi connectivity index (χ0) is 13.9. The molecule has 1 heterocycles. The number of aliphatic carboxylic acids is 1. The molecule has 2 aliphatic rings. The molecular weight excluding hydrogens is 248 g/mol. The van der Waals surface area contributed by atoms with Crippen molar-refractivity contribution in [2.75, 3.05) is 26.3 Å². The van der Waals surface area contributed by atoms with Gasteiger partial charge in [0.15, 0.2) is 0 Å². The van der Waals surface area contributed by atoms with Crippen molar-refractivity contribution in [1.29, 1.82) is 0 Å². The van der Waals surface area contributed by atoms with Crippen molar-refractivity contribution in [1.82, 2.24) is 10.2 Å². The quantitative estimate of drug-likeness (QED) is 0.707. The van der Waals surface area contributed by atoms with Gasteiger partial charge in [-0.1, -0.05) is 0 Å². The first-order chi connectivity index (χ1) is 9.04. The van der Waals surface area contributed by atoms with Crippen molar-refractivity contribution in [2.45, 2.75) is 38.1 Å². The largest absolute Gasteiger partial charge is 0.480 e. The maximum atomic E-state index is 12.0. The van der Waals surface area contributed by atoms with Crippen LogP contribution in [0.4, 0.5) is 4.79 Å². The van der Waals surface area contributed by atoms with Crippen molar-refractivity contribution in [2.24, 2.45) is 5.92 Å². The molecule has 1 saturated heterocycles. The minimum atomic E-state index is -1.07. The third-order valence-electron chi connectivity index (χ3n) is 3.92. The molecular formula is C13H22N2O4. The van der Waals surface area contributed by atoms with Crippen LogP contribution in [0, 0.1) is 5.92 Å². The number of carbonyl (C=O) groups excluding carboxylic acids is 1. The Morgan fingerprint density at radius 3 is 2.84 bits per heavy atom. The summed E-state index contributed by atoms with van der Waals surface area (Å²) in [5, 5.41) is 12.0. The van der Waals surface area contributed by atoms with Crippen molar-refractivity contribution >= 4 is 12.0 Å². The number of carboxylic acids is 1. The monoisotopic (exact) mass is 270 g/mol. The molecule has 0 bridgehead atoms. The van der Waals surface area contributed by atoms with Crippen LogP contribution in [-0.2, 0) is 9.53 Å². The molecule has 2 N–H and O–H groups in total. The molecule has 2 amide bonds. The fourth-order valence-electron chi connectivity index (χ4n) is 2.37. The molecule has 1 saturated carbocycles. The van der Waals surface area contributed by atoms with Gasteiger partial charge in [0.05, 0.1) is 6.61 Å². The molecule has 2 fully saturated rings. The van der Waals surface area contributed by atoms with E-state index in [0.717, 1.165) is 13.0 Å². The summed E-state index contributed by atoms with van der Waals surface area (Å²) in [4.78, 5) is 24.6. The minimum Gasteiger partial charge on any atom is -0.480 e. The average Bonchev–Trinajstić information content (AvgIpc) is 3.10. The number of rotatable bonds is 6. The van der Waals surface area contributed by atoms with E-state index in [2.05, 4.69) is 5.32 Å². The molecule has 1 atom stereocenters. The topological polar surface area (TPSA) is 78.9 Å². The predicted octanol–water partition coefficient (Wildman–Crippen LogP) is 1.06. The van der Waals surface area contributed by atoms with Crippen LogP contribution in [0.1, 0.15) is 32.6 Å². The molecule has 6 heteroatoms. The van der Waals surface area contributed by atoms with E-state index in [1.165, 1.54) is 17.7 Å². The zero-order valence-corrected chi connectivity index (χ0v) is 11.4. The molecule has 0 aromatic carbocycles. The van der Waals surface area contributed by atoms with Crippen molar-refractivity contribution in [3.8, 4) is 0 Å². The van der Waals surface area contributed by atoms with E-state index in [4.69, 9.17) is 4.74 Å². The van der Waals surface area contributed by atoms with Crippen LogP contribution >= 0.6 is 0 Å². The Morgan fingerprint density at radius 1 is 1.47 bits per heavy atom. The second-order valence-electron chi connectivity index (χ2n) is 5.58. The number of nitrogens with one attached hydrogen (secondary N) is 1. The first-order valence-electron chi connectivity index (χ1n) is 6.90. The zero-order valence-electron chi connectivity index (χ0n) is 11.4. The van der Waals surface area contributed by atoms with Crippen molar-refractivity contribution < 1.29 is 19.4 Å². The number of hydrogen-bond acceptors (Lipinski definition) is 3. The number of amides is 2. The molecule has 0 aromatic heterocycles. The van der Waals surface area contributed by atoms with E-state index in [-0.39, 0.29) is 6.03 Å². The molecule has 108 valence electrons. The fourth-order valence-corrected chi connectivity index (χ4v) is 2.37. The SMILES string of the molecule is CC1(C(=O)O)CCCN1C(=O)NCCOCC1CC1. The Morgan fingerprint density at radius 2 is 2.21 bits per heavy atom. The van der Waals surface area contributed by atoms with Crippen LogP contribution in [0.25, 0.3) is 0 Å². The van der Waals surface area contributed by atoms with E-state index in [1.807, 2.05) is 0 Å². The second-order valence-corrected chi connectivity index (χ2v) is 5.58. The molecule has 19 heavy (non-hydrogen) atoms. The number of carbonyl (C=O) groups is 2. The molecule has 0 radical (unpaired) electrons. The van der Waals surface area contributed by atoms with Gasteiger partial charge in [-0.15, -0.1) is 0 Å². The lowest BCUT2D eigenvalue weighted by Crippen LogP contribution is -2.54. The van der Waals surface area contributed by atoms with Crippen LogP contribution in [0.2, 0.25) is 0 Å². The second kappa shape index (κ2) is 5.77. The summed E-state index contributed by atoms with van der Waals surface area (Å²) in [6.07, 6.45) is 3.73. The van der Waals surface area contributed by atoms with E-state index < -0.39 is 11.5 Å². The Bertz CT molecular complexity index is 357. The molecule has 1 unspecified atom stereocenters. The van der Waals surface area contributed by atoms with Gasteiger partial charge in [-0.05, 0) is 38.5 Å². The number of nitrogens with zero attached hydrogens (tertiary/aromatic N) is 1. The minimum absolute atomic E-state index is 0.308. The Labute approximate surface area is 113 Å². The summed E-state index contributed by atoms with van der Waals surface area (Å²) in [7, 11) is 0. The number of carboxylic acid groups (broad SMARTS) is 1. The number of ether oxygens (including phenoxy) is 1. The third-order valence-corrected chi connectivity index (χ3v) is 3.92. The molecule has 0 aromatic rings. The summed E-state index contributed by atoms with van der Waals surface area (Å²) in [5.41, 5.74) is -1.07. The Hall–Kier alpha value is -1.30. The van der Waals surface area contributed by atoms with Crippen LogP contribution in [0.5, 0.6) is 0 Å². The summed E-state index contributed by atoms with van der Waals surface area (Å²) in [6, 6.07) is -0.308. The Kier molecular flexibility index (Phi) is 4.29. The van der Waals surface area contributed by atoms with Gasteiger partial charge in [0.2, 0.25) is 0 Å². The lowest BCUT2D eigenvalue weighted by molar-refractivity contribution is -0.147. The average molecular weight is 270 g/mol. The maximum Gasteiger partial charge on any atom is 0.329 e. The van der Waals surface area contributed by atoms with E-state index >= 15 is 0 Å². The molecule has 0 spiro atoms. The number of hydrogen-bond donors (Lipinski definition) is 2. The van der Waals surface area contributed by atoms with Gasteiger partial charge in [-0.3, -0.25) is 0 Å². The smallest absolute Gasteiger partial charge is 0.329 e. The van der Waals surface area contributed by atoms with E-state index in [0.29, 0.717) is 32.0 Å². The van der Waals surface area contributed by atoms with Crippen molar-refractivity contribution in [3.63, 3.8) is 0 Å². The standard InChI is InChI=1S/C13H22N2O4/c1-13(11(16)17)5-2-7-15(13)12(18)14-6-8-19-9-10-3-4-10/h10H,2-9H2,1H3,(H,14,18)(H,16,17). The third kappa shape index (κ3) is 3.37. The van der Waals surface area contributed by atoms with Gasteiger partial charge in [-0.2, -0.15) is 0 Å². The highest BCUT2D eigenvalue weighted by molar-refractivity contribution is 5.86. The normalized spacial score (nSPS) is 26.5. The first-order valence-corrected chi connectivity index (χ1v) is 6.90. The van der Waals surface area contributed by atoms with Crippen LogP contribution in [-0.4, -0.2) is 53.8 Å². The molecule has 6 nitrogen and oxygen atoms in total. The van der Waals surface area contributed by atoms with Gasteiger partial charge >= 0.3 is 12.0 Å². The van der Waals surface area contributed by atoms with Gasteiger partial charge < -0.3 is 20.1 Å². The van der Waals surface area contributed by atoms with Crippen LogP contribution in [0.15, 0.2) is 0 Å². The van der Waals surface area contributed by atoms with Gasteiger partial charge in [0.1, 0.15) is 5.54 Å². The van der Waals surface area contributed by atoms with Crippen LogP contribution in [0.3, 0.4) is 0 Å². The first kappa shape index (κ1) is 14.1. The van der Waals surface area contributed by atoms with E-state index in [1.54, 1.807) is 6.92 Å². The van der Waals surface area contributed by atoms with Crippen molar-refractivity contribution in [3.05, 3.63) is 0 Å². The predicted molar refractivity (Wildman–Crippen MR) is 68.9 cm³/mol. The summed E-state index contributed by atoms with van der Waals surface area (Å²) in [5.74, 6) is -0.227. The van der Waals surface area contributed by atoms with Gasteiger partial charge in [-0.25, -0.2) is 9.59 Å². The molecule has 1 aliphatic carbocycles.